The van der Waals surface area contributed by atoms with E-state index in [2.05, 4.69) is 35.0 Å². The molecular weight excluding hydrogens is 210 g/mol. The Bertz CT molecular complexity index is 425. The van der Waals surface area contributed by atoms with E-state index in [1.54, 1.807) is 0 Å². The number of nitriles is 1. The molecule has 17 heavy (non-hydrogen) atoms. The number of hydrogen-bond acceptors (Lipinski definition) is 3. The van der Waals surface area contributed by atoms with E-state index in [9.17, 15) is 0 Å². The number of rotatable bonds is 2. The first-order chi connectivity index (χ1) is 8.11. The summed E-state index contributed by atoms with van der Waals surface area (Å²) in [5, 5.41) is 9.08. The van der Waals surface area contributed by atoms with Gasteiger partial charge < -0.3 is 0 Å². The molecule has 1 saturated heterocycles. The van der Waals surface area contributed by atoms with Gasteiger partial charge in [0, 0.05) is 25.3 Å². The number of likely N-dealkylation sites (tertiary alicyclic amines) is 1. The van der Waals surface area contributed by atoms with E-state index in [0.717, 1.165) is 43.9 Å². The van der Waals surface area contributed by atoms with Crippen LogP contribution >= 0.6 is 0 Å². The minimum absolute atomic E-state index is 0.115. The van der Waals surface area contributed by atoms with Gasteiger partial charge in [0.05, 0.1) is 17.2 Å². The number of aryl methyl sites for hydroxylation is 1. The Morgan fingerprint density at radius 1 is 1.41 bits per heavy atom. The van der Waals surface area contributed by atoms with Crippen molar-refractivity contribution in [3.8, 4) is 6.07 Å². The highest BCUT2D eigenvalue weighted by molar-refractivity contribution is 5.10. The van der Waals surface area contributed by atoms with Crippen molar-refractivity contribution in [3.63, 3.8) is 0 Å². The normalized spacial score (nSPS) is 19.8. The maximum absolute atomic E-state index is 9.08. The zero-order valence-corrected chi connectivity index (χ0v) is 10.6. The molecule has 0 saturated carbocycles. The quantitative estimate of drug-likeness (QED) is 0.782. The largest absolute Gasteiger partial charge is 0.297 e. The molecule has 1 fully saturated rings. The molecule has 1 aliphatic rings. The smallest absolute Gasteiger partial charge is 0.0687 e. The summed E-state index contributed by atoms with van der Waals surface area (Å²) in [5.74, 6) is 0. The Labute approximate surface area is 103 Å². The van der Waals surface area contributed by atoms with Gasteiger partial charge in [-0.15, -0.1) is 0 Å². The fourth-order valence-electron chi connectivity index (χ4n) is 2.23. The third-order valence-electron chi connectivity index (χ3n) is 3.56. The average Bonchev–Trinajstić information content (AvgIpc) is 2.33. The fourth-order valence-corrected chi connectivity index (χ4v) is 2.23. The van der Waals surface area contributed by atoms with Gasteiger partial charge in [-0.25, -0.2) is 0 Å². The third kappa shape index (κ3) is 3.04. The number of hydrogen-bond donors (Lipinski definition) is 0. The first-order valence-electron chi connectivity index (χ1n) is 6.17. The number of piperidine rings is 1. The summed E-state index contributed by atoms with van der Waals surface area (Å²) in [6.07, 6.45) is 1.94. The zero-order chi connectivity index (χ0) is 12.3. The van der Waals surface area contributed by atoms with Gasteiger partial charge in [0.25, 0.3) is 0 Å². The molecule has 2 heterocycles. The van der Waals surface area contributed by atoms with Crippen LogP contribution in [0.25, 0.3) is 0 Å². The Hall–Kier alpha value is -1.40. The van der Waals surface area contributed by atoms with E-state index in [0.29, 0.717) is 0 Å². The molecule has 0 spiro atoms. The summed E-state index contributed by atoms with van der Waals surface area (Å²) in [7, 11) is 0. The van der Waals surface area contributed by atoms with Gasteiger partial charge in [-0.05, 0) is 38.8 Å². The predicted molar refractivity (Wildman–Crippen MR) is 67.2 cm³/mol. The molecule has 1 aliphatic heterocycles. The van der Waals surface area contributed by atoms with Crippen molar-refractivity contribution < 1.29 is 0 Å². The average molecular weight is 229 g/mol. The van der Waals surface area contributed by atoms with Gasteiger partial charge in [-0.1, -0.05) is 6.07 Å². The molecule has 0 unspecified atom stereocenters. The topological polar surface area (TPSA) is 39.9 Å². The Morgan fingerprint density at radius 2 is 2.12 bits per heavy atom. The molecule has 2 rings (SSSR count). The lowest BCUT2D eigenvalue weighted by atomic mass is 9.82. The second-order valence-electron chi connectivity index (χ2n) is 5.22. The SMILES string of the molecule is Cc1cccc(CN2CCC(C)(C#N)CC2)n1. The second kappa shape index (κ2) is 4.85. The molecule has 0 N–H and O–H groups in total. The Kier molecular flexibility index (Phi) is 3.44. The van der Waals surface area contributed by atoms with Gasteiger partial charge in [-0.2, -0.15) is 5.26 Å². The molecule has 0 aromatic carbocycles. The van der Waals surface area contributed by atoms with Crippen LogP contribution in [0, 0.1) is 23.7 Å². The highest BCUT2D eigenvalue weighted by Gasteiger charge is 2.29. The highest BCUT2D eigenvalue weighted by atomic mass is 15.1. The lowest BCUT2D eigenvalue weighted by Gasteiger charge is -2.34. The van der Waals surface area contributed by atoms with Gasteiger partial charge in [0.15, 0.2) is 0 Å². The Morgan fingerprint density at radius 3 is 2.71 bits per heavy atom. The molecule has 0 atom stereocenters. The summed E-state index contributed by atoms with van der Waals surface area (Å²) < 4.78 is 0. The summed E-state index contributed by atoms with van der Waals surface area (Å²) in [5.41, 5.74) is 2.09. The minimum Gasteiger partial charge on any atom is -0.297 e. The van der Waals surface area contributed by atoms with E-state index in [1.165, 1.54) is 0 Å². The molecule has 1 aromatic rings. The van der Waals surface area contributed by atoms with Crippen LogP contribution in [0.3, 0.4) is 0 Å². The standard InChI is InChI=1S/C14H19N3/c1-12-4-3-5-13(16-12)10-17-8-6-14(2,11-15)7-9-17/h3-5H,6-10H2,1-2H3. The van der Waals surface area contributed by atoms with E-state index in [1.807, 2.05) is 13.0 Å². The molecule has 3 nitrogen and oxygen atoms in total. The maximum Gasteiger partial charge on any atom is 0.0687 e. The molecular formula is C14H19N3. The Balaban J connectivity index is 1.93. The molecule has 0 amide bonds. The minimum atomic E-state index is -0.115. The zero-order valence-electron chi connectivity index (χ0n) is 10.6. The van der Waals surface area contributed by atoms with Crippen molar-refractivity contribution in [2.24, 2.45) is 5.41 Å². The van der Waals surface area contributed by atoms with Crippen molar-refractivity contribution in [1.82, 2.24) is 9.88 Å². The third-order valence-corrected chi connectivity index (χ3v) is 3.56. The van der Waals surface area contributed by atoms with Crippen molar-refractivity contribution >= 4 is 0 Å². The first-order valence-corrected chi connectivity index (χ1v) is 6.17. The van der Waals surface area contributed by atoms with Gasteiger partial charge in [0.1, 0.15) is 0 Å². The molecule has 90 valence electrons. The van der Waals surface area contributed by atoms with Crippen LogP contribution < -0.4 is 0 Å². The van der Waals surface area contributed by atoms with Gasteiger partial charge in [-0.3, -0.25) is 9.88 Å². The summed E-state index contributed by atoms with van der Waals surface area (Å²) >= 11 is 0. The van der Waals surface area contributed by atoms with Crippen LogP contribution in [0.5, 0.6) is 0 Å². The van der Waals surface area contributed by atoms with E-state index < -0.39 is 0 Å². The molecule has 1 aromatic heterocycles. The molecule has 0 aliphatic carbocycles. The van der Waals surface area contributed by atoms with Crippen molar-refractivity contribution in [1.29, 1.82) is 5.26 Å². The van der Waals surface area contributed by atoms with Crippen LogP contribution in [-0.4, -0.2) is 23.0 Å². The van der Waals surface area contributed by atoms with Crippen molar-refractivity contribution in [2.45, 2.75) is 33.2 Å². The monoisotopic (exact) mass is 229 g/mol. The molecule has 0 bridgehead atoms. The summed E-state index contributed by atoms with van der Waals surface area (Å²) in [6.45, 7) is 6.99. The fraction of sp³-hybridized carbons (Fsp3) is 0.571. The van der Waals surface area contributed by atoms with E-state index >= 15 is 0 Å². The lowest BCUT2D eigenvalue weighted by Crippen LogP contribution is -2.37. The van der Waals surface area contributed by atoms with Crippen molar-refractivity contribution in [3.05, 3.63) is 29.6 Å². The summed E-state index contributed by atoms with van der Waals surface area (Å²) in [4.78, 5) is 6.91. The summed E-state index contributed by atoms with van der Waals surface area (Å²) in [6, 6.07) is 8.58. The van der Waals surface area contributed by atoms with Crippen molar-refractivity contribution in [2.75, 3.05) is 13.1 Å². The van der Waals surface area contributed by atoms with Crippen LogP contribution in [0.2, 0.25) is 0 Å². The van der Waals surface area contributed by atoms with Crippen LogP contribution in [0.1, 0.15) is 31.2 Å². The van der Waals surface area contributed by atoms with Crippen LogP contribution in [-0.2, 0) is 6.54 Å². The predicted octanol–water partition coefficient (Wildman–Crippen LogP) is 2.52. The first kappa shape index (κ1) is 12.1. The molecule has 3 heteroatoms. The van der Waals surface area contributed by atoms with Gasteiger partial charge in [0.2, 0.25) is 0 Å². The number of aromatic nitrogens is 1. The lowest BCUT2D eigenvalue weighted by molar-refractivity contribution is 0.149. The molecule has 0 radical (unpaired) electrons. The highest BCUT2D eigenvalue weighted by Crippen LogP contribution is 2.30. The van der Waals surface area contributed by atoms with Crippen LogP contribution in [0.4, 0.5) is 0 Å². The van der Waals surface area contributed by atoms with Crippen LogP contribution in [0.15, 0.2) is 18.2 Å². The second-order valence-corrected chi connectivity index (χ2v) is 5.22. The number of pyridine rings is 1. The van der Waals surface area contributed by atoms with Gasteiger partial charge >= 0.3 is 0 Å². The van der Waals surface area contributed by atoms with E-state index in [4.69, 9.17) is 5.26 Å². The van der Waals surface area contributed by atoms with E-state index in [-0.39, 0.29) is 5.41 Å². The maximum atomic E-state index is 9.08. The number of nitrogens with zero attached hydrogens (tertiary/aromatic N) is 3.